The summed E-state index contributed by atoms with van der Waals surface area (Å²) in [5.41, 5.74) is 6.64. The van der Waals surface area contributed by atoms with Crippen molar-refractivity contribution in [2.24, 2.45) is 5.10 Å². The lowest BCUT2D eigenvalue weighted by atomic mass is 10.2. The van der Waals surface area contributed by atoms with Crippen molar-refractivity contribution in [1.29, 1.82) is 0 Å². The van der Waals surface area contributed by atoms with Gasteiger partial charge in [0.1, 0.15) is 0 Å². The number of hydrogen-bond acceptors (Lipinski definition) is 8. The van der Waals surface area contributed by atoms with E-state index in [0.717, 1.165) is 20.0 Å². The third-order valence-corrected chi connectivity index (χ3v) is 6.89. The fourth-order valence-electron chi connectivity index (χ4n) is 2.09. The second-order valence-electron chi connectivity index (χ2n) is 5.87. The molecule has 28 heavy (non-hydrogen) atoms. The standard InChI is InChI=1S/C19H19N5OS3/c1-13-5-7-15(8-6-13)11-26-18-23-24-19(28-18)27-12-17(25)22-21-14(2)16-4-3-9-20-10-16/h3-10H,11-12H2,1-2H3,(H,22,25). The molecule has 0 spiro atoms. The first-order valence-corrected chi connectivity index (χ1v) is 11.3. The van der Waals surface area contributed by atoms with Crippen LogP contribution in [-0.2, 0) is 10.5 Å². The average Bonchev–Trinajstić information content (AvgIpc) is 3.18. The van der Waals surface area contributed by atoms with Gasteiger partial charge >= 0.3 is 0 Å². The maximum absolute atomic E-state index is 12.0. The predicted octanol–water partition coefficient (Wildman–Crippen LogP) is 4.17. The first kappa shape index (κ1) is 20.5. The van der Waals surface area contributed by atoms with Crippen molar-refractivity contribution in [2.75, 3.05) is 5.75 Å². The first-order chi connectivity index (χ1) is 13.6. The highest BCUT2D eigenvalue weighted by Gasteiger charge is 2.09. The van der Waals surface area contributed by atoms with Crippen molar-refractivity contribution in [2.45, 2.75) is 28.3 Å². The molecule has 1 N–H and O–H groups in total. The summed E-state index contributed by atoms with van der Waals surface area (Å²) in [5.74, 6) is 0.904. The van der Waals surface area contributed by atoms with Crippen LogP contribution in [0.1, 0.15) is 23.6 Å². The maximum atomic E-state index is 12.0. The highest BCUT2D eigenvalue weighted by Crippen LogP contribution is 2.30. The van der Waals surface area contributed by atoms with E-state index in [1.54, 1.807) is 24.2 Å². The highest BCUT2D eigenvalue weighted by molar-refractivity contribution is 8.03. The molecule has 0 atom stereocenters. The van der Waals surface area contributed by atoms with Gasteiger partial charge in [-0.05, 0) is 25.5 Å². The number of carbonyl (C=O) groups excluding carboxylic acids is 1. The number of aryl methyl sites for hydroxylation is 1. The van der Waals surface area contributed by atoms with Crippen molar-refractivity contribution >= 4 is 46.5 Å². The molecule has 0 saturated heterocycles. The van der Waals surface area contributed by atoms with E-state index in [9.17, 15) is 4.79 Å². The number of aromatic nitrogens is 3. The molecule has 0 bridgehead atoms. The Morgan fingerprint density at radius 2 is 1.89 bits per heavy atom. The number of carbonyl (C=O) groups is 1. The normalized spacial score (nSPS) is 11.4. The SMILES string of the molecule is CC(=NNC(=O)CSc1nnc(SCc2ccc(C)cc2)s1)c1cccnc1. The Labute approximate surface area is 176 Å². The molecule has 6 nitrogen and oxygen atoms in total. The summed E-state index contributed by atoms with van der Waals surface area (Å²) in [7, 11) is 0. The van der Waals surface area contributed by atoms with Gasteiger partial charge in [0, 0.05) is 23.7 Å². The minimum absolute atomic E-state index is 0.183. The number of nitrogens with one attached hydrogen (secondary N) is 1. The molecular weight excluding hydrogens is 410 g/mol. The molecule has 9 heteroatoms. The van der Waals surface area contributed by atoms with Crippen LogP contribution >= 0.6 is 34.9 Å². The Morgan fingerprint density at radius 1 is 1.14 bits per heavy atom. The highest BCUT2D eigenvalue weighted by atomic mass is 32.2. The van der Waals surface area contributed by atoms with Gasteiger partial charge in [-0.15, -0.1) is 10.2 Å². The molecule has 3 aromatic rings. The third-order valence-electron chi connectivity index (χ3n) is 3.63. The van der Waals surface area contributed by atoms with Crippen molar-refractivity contribution in [1.82, 2.24) is 20.6 Å². The monoisotopic (exact) mass is 429 g/mol. The summed E-state index contributed by atoms with van der Waals surface area (Å²) in [6.07, 6.45) is 3.40. The molecule has 0 aliphatic heterocycles. The van der Waals surface area contributed by atoms with Crippen LogP contribution in [0.5, 0.6) is 0 Å². The summed E-state index contributed by atoms with van der Waals surface area (Å²) in [6, 6.07) is 12.2. The number of thioether (sulfide) groups is 2. The molecule has 1 amide bonds. The Morgan fingerprint density at radius 3 is 2.61 bits per heavy atom. The molecule has 2 heterocycles. The fourth-order valence-corrected chi connectivity index (χ4v) is 4.86. The molecule has 0 aliphatic carbocycles. The zero-order valence-electron chi connectivity index (χ0n) is 15.5. The van der Waals surface area contributed by atoms with Crippen LogP contribution in [0.3, 0.4) is 0 Å². The van der Waals surface area contributed by atoms with Crippen LogP contribution in [0.15, 0.2) is 62.6 Å². The summed E-state index contributed by atoms with van der Waals surface area (Å²) in [6.45, 7) is 3.90. The van der Waals surface area contributed by atoms with E-state index >= 15 is 0 Å². The van der Waals surface area contributed by atoms with Gasteiger partial charge in [0.25, 0.3) is 5.91 Å². The van der Waals surface area contributed by atoms with Gasteiger partial charge in [0.2, 0.25) is 0 Å². The van der Waals surface area contributed by atoms with Crippen molar-refractivity contribution in [3.8, 4) is 0 Å². The molecule has 2 aromatic heterocycles. The quantitative estimate of drug-likeness (QED) is 0.329. The Balaban J connectivity index is 1.43. The molecule has 3 rings (SSSR count). The lowest BCUT2D eigenvalue weighted by Crippen LogP contribution is -2.21. The minimum atomic E-state index is -0.183. The van der Waals surface area contributed by atoms with Gasteiger partial charge in [-0.2, -0.15) is 5.10 Å². The van der Waals surface area contributed by atoms with E-state index in [-0.39, 0.29) is 11.7 Å². The van der Waals surface area contributed by atoms with Crippen LogP contribution in [0.2, 0.25) is 0 Å². The number of nitrogens with zero attached hydrogens (tertiary/aromatic N) is 4. The van der Waals surface area contributed by atoms with Crippen LogP contribution in [0.4, 0.5) is 0 Å². The molecule has 0 radical (unpaired) electrons. The molecule has 1 aromatic carbocycles. The Kier molecular flexibility index (Phi) is 7.58. The average molecular weight is 430 g/mol. The summed E-state index contributed by atoms with van der Waals surface area (Å²) in [5, 5.41) is 12.4. The van der Waals surface area contributed by atoms with E-state index in [2.05, 4.69) is 56.9 Å². The van der Waals surface area contributed by atoms with Crippen molar-refractivity contribution < 1.29 is 4.79 Å². The Hall–Kier alpha value is -2.23. The number of rotatable bonds is 8. The van der Waals surface area contributed by atoms with Gasteiger partial charge in [0.15, 0.2) is 8.68 Å². The largest absolute Gasteiger partial charge is 0.272 e. The van der Waals surface area contributed by atoms with Crippen LogP contribution in [0, 0.1) is 6.92 Å². The minimum Gasteiger partial charge on any atom is -0.272 e. The molecule has 0 aliphatic rings. The van der Waals surface area contributed by atoms with Gasteiger partial charge in [0.05, 0.1) is 11.5 Å². The van der Waals surface area contributed by atoms with Crippen molar-refractivity contribution in [3.63, 3.8) is 0 Å². The van der Waals surface area contributed by atoms with E-state index < -0.39 is 0 Å². The van der Waals surface area contributed by atoms with Gasteiger partial charge < -0.3 is 0 Å². The van der Waals surface area contributed by atoms with E-state index in [0.29, 0.717) is 5.71 Å². The first-order valence-electron chi connectivity index (χ1n) is 8.48. The fraction of sp³-hybridized carbons (Fsp3) is 0.211. The summed E-state index contributed by atoms with van der Waals surface area (Å²) in [4.78, 5) is 16.0. The van der Waals surface area contributed by atoms with E-state index in [4.69, 9.17) is 0 Å². The lowest BCUT2D eigenvalue weighted by molar-refractivity contribution is -0.118. The maximum Gasteiger partial charge on any atom is 0.250 e. The number of benzene rings is 1. The van der Waals surface area contributed by atoms with Crippen LogP contribution in [-0.4, -0.2) is 32.6 Å². The molecule has 0 saturated carbocycles. The van der Waals surface area contributed by atoms with Gasteiger partial charge in [-0.1, -0.05) is 70.8 Å². The second-order valence-corrected chi connectivity index (χ2v) is 9.29. The Bertz CT molecular complexity index is 942. The second kappa shape index (κ2) is 10.4. The zero-order chi connectivity index (χ0) is 19.8. The van der Waals surface area contributed by atoms with Crippen LogP contribution < -0.4 is 5.43 Å². The third kappa shape index (κ3) is 6.43. The molecule has 144 valence electrons. The van der Waals surface area contributed by atoms with Gasteiger partial charge in [-0.25, -0.2) is 5.43 Å². The van der Waals surface area contributed by atoms with Gasteiger partial charge in [-0.3, -0.25) is 9.78 Å². The lowest BCUT2D eigenvalue weighted by Gasteiger charge is -2.01. The number of hydrogen-bond donors (Lipinski definition) is 1. The van der Waals surface area contributed by atoms with Crippen molar-refractivity contribution in [3.05, 3.63) is 65.5 Å². The topological polar surface area (TPSA) is 80.1 Å². The molecular formula is C19H19N5OS3. The number of pyridine rings is 1. The van der Waals surface area contributed by atoms with E-state index in [1.807, 2.05) is 19.1 Å². The smallest absolute Gasteiger partial charge is 0.250 e. The summed E-state index contributed by atoms with van der Waals surface area (Å²) >= 11 is 4.51. The molecule has 0 unspecified atom stereocenters. The number of amides is 1. The zero-order valence-corrected chi connectivity index (χ0v) is 17.9. The number of hydrazone groups is 1. The predicted molar refractivity (Wildman–Crippen MR) is 116 cm³/mol. The molecule has 0 fully saturated rings. The van der Waals surface area contributed by atoms with Crippen LogP contribution in [0.25, 0.3) is 0 Å². The van der Waals surface area contributed by atoms with E-state index in [1.165, 1.54) is 34.2 Å². The summed E-state index contributed by atoms with van der Waals surface area (Å²) < 4.78 is 1.67.